The van der Waals surface area contributed by atoms with E-state index in [1.54, 1.807) is 11.6 Å². The van der Waals surface area contributed by atoms with Gasteiger partial charge in [-0.1, -0.05) is 40.2 Å². The summed E-state index contributed by atoms with van der Waals surface area (Å²) in [5.41, 5.74) is 1.66. The van der Waals surface area contributed by atoms with Gasteiger partial charge in [0.15, 0.2) is 0 Å². The van der Waals surface area contributed by atoms with Gasteiger partial charge in [-0.15, -0.1) is 6.58 Å². The van der Waals surface area contributed by atoms with Crippen molar-refractivity contribution in [2.75, 3.05) is 0 Å². The van der Waals surface area contributed by atoms with E-state index in [1.807, 2.05) is 27.7 Å². The largest absolute Gasteiger partial charge is 0.461 e. The SMILES string of the molecule is C=CCC(C(=O)NO)C(CC(C)C)C(=O)NC(C(=O)OC1CCCC1)C(C)CC. The number of allylic oxidation sites excluding steroid dienone is 1. The fraction of sp³-hybridized carbons (Fsp3) is 0.773. The molecule has 1 aliphatic rings. The van der Waals surface area contributed by atoms with Crippen molar-refractivity contribution in [2.45, 2.75) is 84.8 Å². The van der Waals surface area contributed by atoms with E-state index in [4.69, 9.17) is 9.94 Å². The molecule has 0 bridgehead atoms. The van der Waals surface area contributed by atoms with E-state index in [2.05, 4.69) is 11.9 Å². The molecule has 3 N–H and O–H groups in total. The van der Waals surface area contributed by atoms with Gasteiger partial charge in [0.05, 0.1) is 11.8 Å². The molecule has 29 heavy (non-hydrogen) atoms. The summed E-state index contributed by atoms with van der Waals surface area (Å²) in [5, 5.41) is 12.0. The van der Waals surface area contributed by atoms with E-state index in [0.717, 1.165) is 25.7 Å². The molecule has 0 aromatic carbocycles. The molecular formula is C22H38N2O5. The Balaban J connectivity index is 3.01. The minimum atomic E-state index is -0.761. The molecule has 0 saturated heterocycles. The van der Waals surface area contributed by atoms with Gasteiger partial charge in [-0.25, -0.2) is 10.3 Å². The van der Waals surface area contributed by atoms with Crippen molar-refractivity contribution in [1.29, 1.82) is 0 Å². The second kappa shape index (κ2) is 12.6. The molecule has 2 amide bonds. The van der Waals surface area contributed by atoms with Gasteiger partial charge in [0.25, 0.3) is 0 Å². The van der Waals surface area contributed by atoms with Gasteiger partial charge in [0.1, 0.15) is 12.1 Å². The van der Waals surface area contributed by atoms with Gasteiger partial charge >= 0.3 is 5.97 Å². The van der Waals surface area contributed by atoms with E-state index in [9.17, 15) is 14.4 Å². The maximum absolute atomic E-state index is 13.2. The molecule has 0 spiro atoms. The van der Waals surface area contributed by atoms with E-state index in [-0.39, 0.29) is 30.3 Å². The Hall–Kier alpha value is -1.89. The molecule has 1 rings (SSSR count). The van der Waals surface area contributed by atoms with Crippen LogP contribution in [0.15, 0.2) is 12.7 Å². The lowest BCUT2D eigenvalue weighted by molar-refractivity contribution is -0.155. The Morgan fingerprint density at radius 1 is 1.14 bits per heavy atom. The number of carbonyl (C=O) groups excluding carboxylic acids is 3. The van der Waals surface area contributed by atoms with Crippen molar-refractivity contribution in [3.8, 4) is 0 Å². The zero-order chi connectivity index (χ0) is 22.0. The Kier molecular flexibility index (Phi) is 10.9. The maximum atomic E-state index is 13.2. The predicted octanol–water partition coefficient (Wildman–Crippen LogP) is 3.36. The highest BCUT2D eigenvalue weighted by atomic mass is 16.5. The van der Waals surface area contributed by atoms with Crippen molar-refractivity contribution in [3.05, 3.63) is 12.7 Å². The third-order valence-corrected chi connectivity index (χ3v) is 5.77. The lowest BCUT2D eigenvalue weighted by atomic mass is 9.81. The fourth-order valence-electron chi connectivity index (χ4n) is 3.85. The van der Waals surface area contributed by atoms with Crippen LogP contribution in [0.1, 0.15) is 72.6 Å². The number of hydroxylamine groups is 1. The van der Waals surface area contributed by atoms with Gasteiger partial charge < -0.3 is 10.1 Å². The molecule has 4 unspecified atom stereocenters. The third kappa shape index (κ3) is 7.80. The van der Waals surface area contributed by atoms with E-state index >= 15 is 0 Å². The maximum Gasteiger partial charge on any atom is 0.329 e. The molecule has 4 atom stereocenters. The van der Waals surface area contributed by atoms with Crippen molar-refractivity contribution in [3.63, 3.8) is 0 Å². The summed E-state index contributed by atoms with van der Waals surface area (Å²) in [6.07, 6.45) is 6.70. The van der Waals surface area contributed by atoms with Gasteiger partial charge in [-0.3, -0.25) is 14.8 Å². The van der Waals surface area contributed by atoms with Crippen LogP contribution in [0.25, 0.3) is 0 Å². The minimum Gasteiger partial charge on any atom is -0.461 e. The summed E-state index contributed by atoms with van der Waals surface area (Å²) in [7, 11) is 0. The highest BCUT2D eigenvalue weighted by molar-refractivity contribution is 5.90. The van der Waals surface area contributed by atoms with Gasteiger partial charge in [-0.05, 0) is 50.4 Å². The number of esters is 1. The molecule has 0 aliphatic heterocycles. The Morgan fingerprint density at radius 2 is 1.76 bits per heavy atom. The first-order valence-electron chi connectivity index (χ1n) is 10.8. The molecule has 7 nitrogen and oxygen atoms in total. The quantitative estimate of drug-likeness (QED) is 0.198. The zero-order valence-electron chi connectivity index (χ0n) is 18.3. The van der Waals surface area contributed by atoms with Gasteiger partial charge in [-0.2, -0.15) is 0 Å². The Morgan fingerprint density at radius 3 is 2.24 bits per heavy atom. The average molecular weight is 411 g/mol. The van der Waals surface area contributed by atoms with Crippen LogP contribution >= 0.6 is 0 Å². The van der Waals surface area contributed by atoms with Crippen molar-refractivity contribution in [1.82, 2.24) is 10.8 Å². The van der Waals surface area contributed by atoms with E-state index in [0.29, 0.717) is 12.8 Å². The highest BCUT2D eigenvalue weighted by Gasteiger charge is 2.37. The molecule has 0 aromatic heterocycles. The predicted molar refractivity (Wildman–Crippen MR) is 111 cm³/mol. The standard InChI is InChI=1S/C22H38N2O5/c1-6-10-17(21(26)24-28)18(13-14(3)4)20(25)23-19(15(5)7-2)22(27)29-16-11-8-9-12-16/h6,14-19,28H,1,7-13H2,2-5H3,(H,23,25)(H,24,26). The Labute approximate surface area is 174 Å². The minimum absolute atomic E-state index is 0.0777. The summed E-state index contributed by atoms with van der Waals surface area (Å²) < 4.78 is 5.65. The number of amides is 2. The van der Waals surface area contributed by atoms with Crippen LogP contribution in [0.4, 0.5) is 0 Å². The normalized spacial score (nSPS) is 18.6. The molecule has 1 aliphatic carbocycles. The summed E-state index contributed by atoms with van der Waals surface area (Å²) >= 11 is 0. The molecule has 0 heterocycles. The summed E-state index contributed by atoms with van der Waals surface area (Å²) in [6.45, 7) is 11.4. The van der Waals surface area contributed by atoms with Crippen LogP contribution in [0, 0.1) is 23.7 Å². The molecule has 166 valence electrons. The van der Waals surface area contributed by atoms with E-state index in [1.165, 1.54) is 0 Å². The summed E-state index contributed by atoms with van der Waals surface area (Å²) in [5.74, 6) is -2.81. The van der Waals surface area contributed by atoms with Crippen molar-refractivity contribution >= 4 is 17.8 Å². The first-order valence-corrected chi connectivity index (χ1v) is 10.8. The van der Waals surface area contributed by atoms with Gasteiger partial charge in [0.2, 0.25) is 11.8 Å². The topological polar surface area (TPSA) is 105 Å². The average Bonchev–Trinajstić information content (AvgIpc) is 3.19. The second-order valence-corrected chi connectivity index (χ2v) is 8.56. The van der Waals surface area contributed by atoms with Gasteiger partial charge in [0, 0.05) is 0 Å². The first-order chi connectivity index (χ1) is 13.7. The van der Waals surface area contributed by atoms with Crippen LogP contribution in [-0.2, 0) is 19.1 Å². The number of nitrogens with one attached hydrogen (secondary N) is 2. The monoisotopic (exact) mass is 410 g/mol. The zero-order valence-corrected chi connectivity index (χ0v) is 18.3. The fourth-order valence-corrected chi connectivity index (χ4v) is 3.85. The Bertz CT molecular complexity index is 557. The van der Waals surface area contributed by atoms with Crippen molar-refractivity contribution in [2.24, 2.45) is 23.7 Å². The smallest absolute Gasteiger partial charge is 0.329 e. The molecule has 7 heteroatoms. The first kappa shape index (κ1) is 25.1. The van der Waals surface area contributed by atoms with Crippen LogP contribution in [0.3, 0.4) is 0 Å². The third-order valence-electron chi connectivity index (χ3n) is 5.77. The van der Waals surface area contributed by atoms with Crippen LogP contribution in [-0.4, -0.2) is 35.1 Å². The summed E-state index contributed by atoms with van der Waals surface area (Å²) in [4.78, 5) is 38.2. The number of carbonyl (C=O) groups is 3. The van der Waals surface area contributed by atoms with Crippen LogP contribution in [0.5, 0.6) is 0 Å². The molecule has 0 radical (unpaired) electrons. The lowest BCUT2D eigenvalue weighted by Gasteiger charge is -2.29. The number of hydrogen-bond acceptors (Lipinski definition) is 5. The summed E-state index contributed by atoms with van der Waals surface area (Å²) in [6, 6.07) is -0.760. The van der Waals surface area contributed by atoms with Crippen LogP contribution < -0.4 is 10.8 Å². The molecule has 1 saturated carbocycles. The molecule has 1 fully saturated rings. The van der Waals surface area contributed by atoms with E-state index < -0.39 is 29.8 Å². The van der Waals surface area contributed by atoms with Crippen LogP contribution in [0.2, 0.25) is 0 Å². The molecular weight excluding hydrogens is 372 g/mol. The number of hydrogen-bond donors (Lipinski definition) is 3. The number of ether oxygens (including phenoxy) is 1. The molecule has 0 aromatic rings. The van der Waals surface area contributed by atoms with Crippen molar-refractivity contribution < 1.29 is 24.3 Å². The second-order valence-electron chi connectivity index (χ2n) is 8.56. The number of rotatable bonds is 12. The lowest BCUT2D eigenvalue weighted by Crippen LogP contribution is -2.51. The highest BCUT2D eigenvalue weighted by Crippen LogP contribution is 2.26.